The molecule has 96 valence electrons. The third-order valence-corrected chi connectivity index (χ3v) is 2.64. The Morgan fingerprint density at radius 3 is 2.71 bits per heavy atom. The van der Waals surface area contributed by atoms with Crippen LogP contribution in [0.15, 0.2) is 18.2 Å². The Labute approximate surface area is 109 Å². The molecule has 0 spiro atoms. The van der Waals surface area contributed by atoms with Crippen molar-refractivity contribution in [2.24, 2.45) is 5.92 Å². The molecule has 1 rings (SSSR count). The molecular weight excluding hydrogens is 234 g/mol. The van der Waals surface area contributed by atoms with Crippen molar-refractivity contribution in [1.82, 2.24) is 5.32 Å². The molecule has 3 heteroatoms. The summed E-state index contributed by atoms with van der Waals surface area (Å²) in [5.74, 6) is 1.44. The maximum atomic E-state index is 6.15. The highest BCUT2D eigenvalue weighted by molar-refractivity contribution is 6.32. The first-order chi connectivity index (χ1) is 8.13. The third kappa shape index (κ3) is 5.42. The molecule has 0 saturated heterocycles. The number of ether oxygens (including phenoxy) is 1. The Morgan fingerprint density at radius 1 is 1.35 bits per heavy atom. The van der Waals surface area contributed by atoms with Crippen molar-refractivity contribution >= 4 is 11.6 Å². The molecule has 0 aliphatic rings. The molecule has 0 heterocycles. The summed E-state index contributed by atoms with van der Waals surface area (Å²) in [4.78, 5) is 0. The summed E-state index contributed by atoms with van der Waals surface area (Å²) >= 11 is 6.15. The van der Waals surface area contributed by atoms with Crippen LogP contribution in [0.1, 0.15) is 32.8 Å². The van der Waals surface area contributed by atoms with Gasteiger partial charge in [-0.3, -0.25) is 0 Å². The van der Waals surface area contributed by atoms with Crippen LogP contribution in [-0.4, -0.2) is 13.2 Å². The lowest BCUT2D eigenvalue weighted by atomic mass is 10.2. The minimum atomic E-state index is 0.664. The molecule has 17 heavy (non-hydrogen) atoms. The van der Waals surface area contributed by atoms with Gasteiger partial charge in [0.05, 0.1) is 11.6 Å². The van der Waals surface area contributed by atoms with Crippen molar-refractivity contribution in [3.8, 4) is 5.75 Å². The topological polar surface area (TPSA) is 21.3 Å². The third-order valence-electron chi connectivity index (χ3n) is 2.34. The summed E-state index contributed by atoms with van der Waals surface area (Å²) < 4.78 is 5.53. The summed E-state index contributed by atoms with van der Waals surface area (Å²) in [7, 11) is 0. The van der Waals surface area contributed by atoms with Gasteiger partial charge in [-0.1, -0.05) is 38.4 Å². The van der Waals surface area contributed by atoms with Crippen LogP contribution in [0.2, 0.25) is 5.02 Å². The molecule has 0 saturated carbocycles. The lowest BCUT2D eigenvalue weighted by Gasteiger charge is -2.10. The Bertz CT molecular complexity index is 339. The standard InChI is InChI=1S/C14H22ClNO/c1-4-7-17-14-6-5-12(8-13(14)15)10-16-9-11(2)3/h5-6,8,11,16H,4,7,9-10H2,1-3H3. The first-order valence-corrected chi connectivity index (χ1v) is 6.63. The maximum absolute atomic E-state index is 6.15. The van der Waals surface area contributed by atoms with Crippen molar-refractivity contribution in [2.75, 3.05) is 13.2 Å². The van der Waals surface area contributed by atoms with E-state index in [1.807, 2.05) is 12.1 Å². The Balaban J connectivity index is 2.50. The molecule has 1 aromatic carbocycles. The zero-order chi connectivity index (χ0) is 12.7. The van der Waals surface area contributed by atoms with E-state index in [9.17, 15) is 0 Å². The highest BCUT2D eigenvalue weighted by atomic mass is 35.5. The fraction of sp³-hybridized carbons (Fsp3) is 0.571. The van der Waals surface area contributed by atoms with E-state index in [0.29, 0.717) is 17.5 Å². The van der Waals surface area contributed by atoms with Crippen LogP contribution in [0.25, 0.3) is 0 Å². The second-order valence-corrected chi connectivity index (χ2v) is 5.05. The summed E-state index contributed by atoms with van der Waals surface area (Å²) in [5.41, 5.74) is 1.19. The van der Waals surface area contributed by atoms with E-state index >= 15 is 0 Å². The first kappa shape index (κ1) is 14.3. The van der Waals surface area contributed by atoms with Crippen molar-refractivity contribution in [3.05, 3.63) is 28.8 Å². The van der Waals surface area contributed by atoms with Crippen molar-refractivity contribution < 1.29 is 4.74 Å². The molecule has 2 nitrogen and oxygen atoms in total. The SMILES string of the molecule is CCCOc1ccc(CNCC(C)C)cc1Cl. The fourth-order valence-electron chi connectivity index (χ4n) is 1.49. The van der Waals surface area contributed by atoms with Gasteiger partial charge in [0.25, 0.3) is 0 Å². The van der Waals surface area contributed by atoms with E-state index in [1.54, 1.807) is 0 Å². The van der Waals surface area contributed by atoms with E-state index in [2.05, 4.69) is 32.2 Å². The number of nitrogens with one attached hydrogen (secondary N) is 1. The maximum Gasteiger partial charge on any atom is 0.137 e. The zero-order valence-corrected chi connectivity index (χ0v) is 11.7. The first-order valence-electron chi connectivity index (χ1n) is 6.25. The average Bonchev–Trinajstić information content (AvgIpc) is 2.27. The normalized spacial score (nSPS) is 10.9. The van der Waals surface area contributed by atoms with E-state index in [0.717, 1.165) is 25.3 Å². The van der Waals surface area contributed by atoms with Crippen LogP contribution < -0.4 is 10.1 Å². The molecule has 0 aromatic heterocycles. The molecule has 1 N–H and O–H groups in total. The minimum Gasteiger partial charge on any atom is -0.492 e. The van der Waals surface area contributed by atoms with Gasteiger partial charge in [0, 0.05) is 6.54 Å². The van der Waals surface area contributed by atoms with Crippen molar-refractivity contribution in [2.45, 2.75) is 33.7 Å². The predicted molar refractivity (Wildman–Crippen MR) is 73.8 cm³/mol. The Kier molecular flexibility index (Phi) is 6.38. The number of rotatable bonds is 7. The summed E-state index contributed by atoms with van der Waals surface area (Å²) in [6, 6.07) is 5.98. The van der Waals surface area contributed by atoms with Gasteiger partial charge in [-0.2, -0.15) is 0 Å². The largest absolute Gasteiger partial charge is 0.492 e. The van der Waals surface area contributed by atoms with Gasteiger partial charge in [0.2, 0.25) is 0 Å². The fourth-order valence-corrected chi connectivity index (χ4v) is 1.75. The van der Waals surface area contributed by atoms with Gasteiger partial charge in [-0.15, -0.1) is 0 Å². The van der Waals surface area contributed by atoms with Gasteiger partial charge in [-0.25, -0.2) is 0 Å². The highest BCUT2D eigenvalue weighted by Gasteiger charge is 2.03. The summed E-state index contributed by atoms with van der Waals surface area (Å²) in [6.45, 7) is 9.06. The van der Waals surface area contributed by atoms with Crippen LogP contribution in [0.3, 0.4) is 0 Å². The predicted octanol–water partition coefficient (Wildman–Crippen LogP) is 3.87. The lowest BCUT2D eigenvalue weighted by Crippen LogP contribution is -2.18. The second-order valence-electron chi connectivity index (χ2n) is 4.64. The molecule has 0 atom stereocenters. The highest BCUT2D eigenvalue weighted by Crippen LogP contribution is 2.25. The molecular formula is C14H22ClNO. The Morgan fingerprint density at radius 2 is 2.12 bits per heavy atom. The number of halogens is 1. The number of hydrogen-bond donors (Lipinski definition) is 1. The smallest absolute Gasteiger partial charge is 0.137 e. The number of benzene rings is 1. The van der Waals surface area contributed by atoms with Crippen molar-refractivity contribution in [1.29, 1.82) is 0 Å². The summed E-state index contributed by atoms with van der Waals surface area (Å²) in [5, 5.41) is 4.09. The molecule has 0 fully saturated rings. The van der Waals surface area contributed by atoms with Crippen molar-refractivity contribution in [3.63, 3.8) is 0 Å². The molecule has 0 bridgehead atoms. The summed E-state index contributed by atoms with van der Waals surface area (Å²) in [6.07, 6.45) is 0.994. The quantitative estimate of drug-likeness (QED) is 0.799. The van der Waals surface area contributed by atoms with Crippen LogP contribution in [0.5, 0.6) is 5.75 Å². The lowest BCUT2D eigenvalue weighted by molar-refractivity contribution is 0.317. The van der Waals surface area contributed by atoms with E-state index in [-0.39, 0.29) is 0 Å². The zero-order valence-electron chi connectivity index (χ0n) is 10.9. The second kappa shape index (κ2) is 7.57. The van der Waals surface area contributed by atoms with Crippen LogP contribution >= 0.6 is 11.6 Å². The van der Waals surface area contributed by atoms with Gasteiger partial charge in [0.15, 0.2) is 0 Å². The molecule has 0 unspecified atom stereocenters. The molecule has 0 aliphatic carbocycles. The molecule has 0 aliphatic heterocycles. The van der Waals surface area contributed by atoms with Crippen LogP contribution in [-0.2, 0) is 6.54 Å². The Hall–Kier alpha value is -0.730. The molecule has 0 radical (unpaired) electrons. The average molecular weight is 256 g/mol. The van der Waals surface area contributed by atoms with Gasteiger partial charge in [0.1, 0.15) is 5.75 Å². The van der Waals surface area contributed by atoms with Gasteiger partial charge >= 0.3 is 0 Å². The van der Waals surface area contributed by atoms with Crippen LogP contribution in [0.4, 0.5) is 0 Å². The van der Waals surface area contributed by atoms with Gasteiger partial charge < -0.3 is 10.1 Å². The molecule has 0 amide bonds. The van der Waals surface area contributed by atoms with E-state index in [1.165, 1.54) is 5.56 Å². The monoisotopic (exact) mass is 255 g/mol. The molecule has 1 aromatic rings. The van der Waals surface area contributed by atoms with E-state index in [4.69, 9.17) is 16.3 Å². The number of hydrogen-bond acceptors (Lipinski definition) is 2. The van der Waals surface area contributed by atoms with E-state index < -0.39 is 0 Å². The van der Waals surface area contributed by atoms with Crippen LogP contribution in [0, 0.1) is 5.92 Å². The minimum absolute atomic E-state index is 0.664. The van der Waals surface area contributed by atoms with Gasteiger partial charge in [-0.05, 0) is 36.6 Å².